The van der Waals surface area contributed by atoms with Crippen molar-refractivity contribution >= 4 is 11.9 Å². The Labute approximate surface area is 160 Å². The summed E-state index contributed by atoms with van der Waals surface area (Å²) in [6, 6.07) is 0. The van der Waals surface area contributed by atoms with E-state index in [-0.39, 0.29) is 12.4 Å². The van der Waals surface area contributed by atoms with Gasteiger partial charge in [0.1, 0.15) is 6.54 Å². The van der Waals surface area contributed by atoms with Gasteiger partial charge >= 0.3 is 5.97 Å². The number of carboxylic acid groups (broad SMARTS) is 1. The molecule has 0 saturated carbocycles. The number of hydrogen-bond donors (Lipinski definition) is 0. The molecular formula is C21H39NO4. The van der Waals surface area contributed by atoms with Crippen LogP contribution in [-0.4, -0.2) is 50.2 Å². The van der Waals surface area contributed by atoms with Crippen molar-refractivity contribution in [2.45, 2.75) is 83.7 Å². The Kier molecular flexibility index (Phi) is 14.0. The van der Waals surface area contributed by atoms with Gasteiger partial charge in [0, 0.05) is 18.8 Å². The van der Waals surface area contributed by atoms with Crippen molar-refractivity contribution in [3.8, 4) is 0 Å². The first-order chi connectivity index (χ1) is 12.2. The zero-order valence-electron chi connectivity index (χ0n) is 17.3. The first-order valence-corrected chi connectivity index (χ1v) is 10.1. The lowest BCUT2D eigenvalue weighted by atomic mass is 10.1. The van der Waals surface area contributed by atoms with Gasteiger partial charge in [0.05, 0.1) is 21.1 Å². The van der Waals surface area contributed by atoms with Gasteiger partial charge in [-0.25, -0.2) is 0 Å². The van der Waals surface area contributed by atoms with Gasteiger partial charge in [-0.1, -0.05) is 51.2 Å². The smallest absolute Gasteiger partial charge is 0.306 e. The number of quaternary nitrogens is 1. The molecule has 0 aliphatic carbocycles. The highest BCUT2D eigenvalue weighted by Gasteiger charge is 2.22. The van der Waals surface area contributed by atoms with E-state index >= 15 is 0 Å². The summed E-state index contributed by atoms with van der Waals surface area (Å²) in [5.41, 5.74) is 0. The number of rotatable bonds is 16. The van der Waals surface area contributed by atoms with Crippen LogP contribution < -0.4 is 5.11 Å². The molecule has 1 unspecified atom stereocenters. The van der Waals surface area contributed by atoms with Crippen LogP contribution in [0.25, 0.3) is 0 Å². The number of unbranched alkanes of at least 4 members (excludes halogenated alkanes) is 7. The van der Waals surface area contributed by atoms with E-state index in [0.717, 1.165) is 19.3 Å². The second-order valence-electron chi connectivity index (χ2n) is 8.08. The minimum Gasteiger partial charge on any atom is -0.550 e. The third-order valence-electron chi connectivity index (χ3n) is 4.09. The van der Waals surface area contributed by atoms with E-state index in [0.29, 0.717) is 17.4 Å². The number of likely N-dealkylation sites (N-methyl/N-ethyl adjacent to an activating group) is 1. The summed E-state index contributed by atoms with van der Waals surface area (Å²) in [5, 5.41) is 10.8. The summed E-state index contributed by atoms with van der Waals surface area (Å²) in [6.45, 7) is 2.68. The Balaban J connectivity index is 3.85. The number of aliphatic carboxylic acids is 1. The molecule has 0 spiro atoms. The molecule has 0 fully saturated rings. The quantitative estimate of drug-likeness (QED) is 0.181. The molecule has 0 amide bonds. The molecule has 0 aromatic carbocycles. The van der Waals surface area contributed by atoms with E-state index in [9.17, 15) is 14.7 Å². The molecule has 0 aliphatic heterocycles. The number of ether oxygens (including phenoxy) is 1. The van der Waals surface area contributed by atoms with Crippen LogP contribution in [0.1, 0.15) is 77.6 Å². The predicted octanol–water partition coefficient (Wildman–Crippen LogP) is 3.22. The Morgan fingerprint density at radius 2 is 1.54 bits per heavy atom. The van der Waals surface area contributed by atoms with E-state index in [4.69, 9.17) is 4.74 Å². The summed E-state index contributed by atoms with van der Waals surface area (Å²) >= 11 is 0. The third kappa shape index (κ3) is 17.5. The van der Waals surface area contributed by atoms with Crippen molar-refractivity contribution in [1.29, 1.82) is 0 Å². The number of carboxylic acids is 1. The monoisotopic (exact) mass is 369 g/mol. The van der Waals surface area contributed by atoms with E-state index in [1.165, 1.54) is 38.5 Å². The summed E-state index contributed by atoms with van der Waals surface area (Å²) in [4.78, 5) is 22.7. The molecule has 5 heteroatoms. The standard InChI is InChI=1S/C21H39NO4/c1-5-6-7-8-9-10-11-12-13-14-15-16-21(25)26-19(17-20(23)24)18-22(2,3)4/h12-13,19H,5-11,14-18H2,1-4H3/b13-12+. The summed E-state index contributed by atoms with van der Waals surface area (Å²) in [5.74, 6) is -1.51. The average Bonchev–Trinajstić information content (AvgIpc) is 2.50. The first-order valence-electron chi connectivity index (χ1n) is 10.1. The molecule has 0 aromatic rings. The molecule has 0 N–H and O–H groups in total. The van der Waals surface area contributed by atoms with Crippen molar-refractivity contribution in [1.82, 2.24) is 0 Å². The first kappa shape index (κ1) is 24.6. The highest BCUT2D eigenvalue weighted by molar-refractivity contribution is 5.70. The third-order valence-corrected chi connectivity index (χ3v) is 4.09. The van der Waals surface area contributed by atoms with Crippen LogP contribution >= 0.6 is 0 Å². The SMILES string of the molecule is CCCCCCCC/C=C/CCCC(=O)OC(CC(=O)[O-])C[N+](C)(C)C. The topological polar surface area (TPSA) is 66.4 Å². The van der Waals surface area contributed by atoms with Gasteiger partial charge in [-0.05, 0) is 25.7 Å². The fourth-order valence-electron chi connectivity index (χ4n) is 2.83. The maximum atomic E-state index is 11.9. The molecule has 26 heavy (non-hydrogen) atoms. The maximum Gasteiger partial charge on any atom is 0.306 e. The Hall–Kier alpha value is -1.36. The largest absolute Gasteiger partial charge is 0.550 e. The number of hydrogen-bond acceptors (Lipinski definition) is 4. The Bertz CT molecular complexity index is 413. The molecule has 0 bridgehead atoms. The maximum absolute atomic E-state index is 11.9. The fraction of sp³-hybridized carbons (Fsp3) is 0.810. The fourth-order valence-corrected chi connectivity index (χ4v) is 2.83. The van der Waals surface area contributed by atoms with Crippen molar-refractivity contribution in [2.75, 3.05) is 27.7 Å². The molecule has 152 valence electrons. The zero-order chi connectivity index (χ0) is 19.8. The molecule has 1 atom stereocenters. The average molecular weight is 370 g/mol. The molecule has 0 radical (unpaired) electrons. The molecule has 0 rings (SSSR count). The highest BCUT2D eigenvalue weighted by Crippen LogP contribution is 2.09. The van der Waals surface area contributed by atoms with Crippen molar-refractivity contribution in [3.63, 3.8) is 0 Å². The van der Waals surface area contributed by atoms with Crippen LogP contribution in [0.5, 0.6) is 0 Å². The van der Waals surface area contributed by atoms with Gasteiger partial charge in [0.2, 0.25) is 0 Å². The Morgan fingerprint density at radius 1 is 0.962 bits per heavy atom. The number of esters is 1. The summed E-state index contributed by atoms with van der Waals surface area (Å²) in [6.07, 6.45) is 14.3. The molecule has 0 saturated heterocycles. The van der Waals surface area contributed by atoms with Crippen LogP contribution in [0.4, 0.5) is 0 Å². The zero-order valence-corrected chi connectivity index (χ0v) is 17.3. The molecular weight excluding hydrogens is 330 g/mol. The normalized spacial score (nSPS) is 13.1. The minimum atomic E-state index is -1.19. The Morgan fingerprint density at radius 3 is 2.12 bits per heavy atom. The van der Waals surface area contributed by atoms with Crippen LogP contribution in [-0.2, 0) is 14.3 Å². The molecule has 0 heterocycles. The van der Waals surface area contributed by atoms with Gasteiger partial charge in [0.25, 0.3) is 0 Å². The van der Waals surface area contributed by atoms with Gasteiger partial charge in [0.15, 0.2) is 6.10 Å². The summed E-state index contributed by atoms with van der Waals surface area (Å²) in [7, 11) is 5.81. The van der Waals surface area contributed by atoms with Gasteiger partial charge < -0.3 is 19.1 Å². The van der Waals surface area contributed by atoms with E-state index in [1.807, 2.05) is 21.1 Å². The van der Waals surface area contributed by atoms with E-state index < -0.39 is 12.1 Å². The van der Waals surface area contributed by atoms with Crippen LogP contribution in [0.2, 0.25) is 0 Å². The van der Waals surface area contributed by atoms with Gasteiger partial charge in [-0.3, -0.25) is 4.79 Å². The highest BCUT2D eigenvalue weighted by atomic mass is 16.5. The lowest BCUT2D eigenvalue weighted by molar-refractivity contribution is -0.873. The van der Waals surface area contributed by atoms with Crippen molar-refractivity contribution < 1.29 is 23.9 Å². The molecule has 5 nitrogen and oxygen atoms in total. The second-order valence-corrected chi connectivity index (χ2v) is 8.08. The lowest BCUT2D eigenvalue weighted by Gasteiger charge is -2.29. The second kappa shape index (κ2) is 14.8. The number of allylic oxidation sites excluding steroid dienone is 2. The van der Waals surface area contributed by atoms with Gasteiger partial charge in [-0.2, -0.15) is 0 Å². The lowest BCUT2D eigenvalue weighted by Crippen LogP contribution is -2.45. The predicted molar refractivity (Wildman–Crippen MR) is 103 cm³/mol. The van der Waals surface area contributed by atoms with E-state index in [2.05, 4.69) is 19.1 Å². The minimum absolute atomic E-state index is 0.251. The van der Waals surface area contributed by atoms with E-state index in [1.54, 1.807) is 0 Å². The van der Waals surface area contributed by atoms with Crippen molar-refractivity contribution in [3.05, 3.63) is 12.2 Å². The summed E-state index contributed by atoms with van der Waals surface area (Å²) < 4.78 is 5.86. The number of carbonyl (C=O) groups excluding carboxylic acids is 2. The number of carbonyl (C=O) groups is 2. The van der Waals surface area contributed by atoms with Crippen LogP contribution in [0.15, 0.2) is 12.2 Å². The van der Waals surface area contributed by atoms with Crippen LogP contribution in [0.3, 0.4) is 0 Å². The van der Waals surface area contributed by atoms with Crippen molar-refractivity contribution in [2.24, 2.45) is 0 Å². The number of nitrogens with zero attached hydrogens (tertiary/aromatic N) is 1. The van der Waals surface area contributed by atoms with Gasteiger partial charge in [-0.15, -0.1) is 0 Å². The molecule has 0 aliphatic rings. The molecule has 0 aromatic heterocycles. The van der Waals surface area contributed by atoms with Crippen LogP contribution in [0, 0.1) is 0 Å².